The van der Waals surface area contributed by atoms with Crippen LogP contribution in [-0.2, 0) is 11.2 Å². The Labute approximate surface area is 178 Å². The lowest BCUT2D eigenvalue weighted by atomic mass is 9.91. The maximum Gasteiger partial charge on any atom is 0.290 e. The molecule has 8 heteroatoms. The molecule has 2 bridgehead atoms. The molecule has 1 saturated heterocycles. The first-order valence-electron chi connectivity index (χ1n) is 10.3. The van der Waals surface area contributed by atoms with E-state index in [0.717, 1.165) is 29.2 Å². The molecule has 1 saturated carbocycles. The van der Waals surface area contributed by atoms with Gasteiger partial charge in [0.15, 0.2) is 0 Å². The highest BCUT2D eigenvalue weighted by atomic mass is 32.1. The number of aryl methyl sites for hydroxylation is 1. The van der Waals surface area contributed by atoms with E-state index in [9.17, 15) is 9.59 Å². The van der Waals surface area contributed by atoms with Crippen LogP contribution in [0.15, 0.2) is 50.8 Å². The second-order valence-electron chi connectivity index (χ2n) is 8.02. The number of carbonyl (C=O) groups excluding carboxylic acids is 2. The molecule has 1 aliphatic carbocycles. The predicted octanol–water partition coefficient (Wildman–Crippen LogP) is 3.60. The van der Waals surface area contributed by atoms with E-state index in [4.69, 9.17) is 8.94 Å². The topological polar surface area (TPSA) is 88.6 Å². The van der Waals surface area contributed by atoms with Gasteiger partial charge in [-0.15, -0.1) is 11.3 Å². The van der Waals surface area contributed by atoms with Gasteiger partial charge in [-0.25, -0.2) is 0 Å². The van der Waals surface area contributed by atoms with Crippen molar-refractivity contribution in [1.82, 2.24) is 15.4 Å². The van der Waals surface area contributed by atoms with Gasteiger partial charge in [0.1, 0.15) is 11.5 Å². The van der Waals surface area contributed by atoms with Crippen LogP contribution in [0.2, 0.25) is 0 Å². The summed E-state index contributed by atoms with van der Waals surface area (Å²) in [4.78, 5) is 28.2. The first kappa shape index (κ1) is 19.1. The average molecular weight is 426 g/mol. The van der Waals surface area contributed by atoms with Crippen LogP contribution in [0.5, 0.6) is 0 Å². The second kappa shape index (κ2) is 8.10. The number of nitrogens with zero attached hydrogens (tertiary/aromatic N) is 2. The van der Waals surface area contributed by atoms with Gasteiger partial charge in [-0.2, -0.15) is 0 Å². The van der Waals surface area contributed by atoms with Crippen LogP contribution in [0.4, 0.5) is 0 Å². The molecule has 1 unspecified atom stereocenters. The summed E-state index contributed by atoms with van der Waals surface area (Å²) in [5, 5.41) is 8.70. The number of carbonyl (C=O) groups is 2. The van der Waals surface area contributed by atoms with Gasteiger partial charge in [-0.1, -0.05) is 11.2 Å². The van der Waals surface area contributed by atoms with Crippen LogP contribution >= 0.6 is 11.3 Å². The van der Waals surface area contributed by atoms with E-state index >= 15 is 0 Å². The largest absolute Gasteiger partial charge is 0.460 e. The molecule has 1 N–H and O–H groups in total. The van der Waals surface area contributed by atoms with Gasteiger partial charge in [0.2, 0.25) is 11.7 Å². The number of fused-ring (bicyclic) bond motifs is 2. The Kier molecular flexibility index (Phi) is 5.16. The molecule has 7 nitrogen and oxygen atoms in total. The van der Waals surface area contributed by atoms with Crippen molar-refractivity contribution in [3.8, 4) is 10.6 Å². The predicted molar refractivity (Wildman–Crippen MR) is 111 cm³/mol. The van der Waals surface area contributed by atoms with Crippen molar-refractivity contribution in [3.05, 3.63) is 53.4 Å². The van der Waals surface area contributed by atoms with E-state index in [-0.39, 0.29) is 35.5 Å². The van der Waals surface area contributed by atoms with Gasteiger partial charge in [0, 0.05) is 38.0 Å². The molecule has 4 heterocycles. The lowest BCUT2D eigenvalue weighted by Crippen LogP contribution is -2.54. The van der Waals surface area contributed by atoms with E-state index in [1.807, 2.05) is 34.5 Å². The SMILES string of the molecule is O=C(NC1[C@@H]2CC[C@H]1CN(C(=O)CCc1ccc(-c3cccs3)o1)C2)c1ccno1. The van der Waals surface area contributed by atoms with E-state index in [0.29, 0.717) is 25.9 Å². The Balaban J connectivity index is 1.15. The highest BCUT2D eigenvalue weighted by molar-refractivity contribution is 7.13. The number of nitrogens with one attached hydrogen (secondary N) is 1. The minimum absolute atomic E-state index is 0.0880. The lowest BCUT2D eigenvalue weighted by Gasteiger charge is -2.38. The quantitative estimate of drug-likeness (QED) is 0.652. The third kappa shape index (κ3) is 3.79. The van der Waals surface area contributed by atoms with Crippen LogP contribution in [-0.4, -0.2) is 41.0 Å². The molecule has 0 spiro atoms. The van der Waals surface area contributed by atoms with Gasteiger partial charge in [0.05, 0.1) is 11.1 Å². The summed E-state index contributed by atoms with van der Waals surface area (Å²) in [5.41, 5.74) is 0. The number of rotatable bonds is 6. The van der Waals surface area contributed by atoms with Crippen molar-refractivity contribution >= 4 is 23.2 Å². The third-order valence-corrected chi connectivity index (χ3v) is 7.04. The van der Waals surface area contributed by atoms with E-state index in [2.05, 4.69) is 10.5 Å². The van der Waals surface area contributed by atoms with Crippen molar-refractivity contribution in [1.29, 1.82) is 0 Å². The Morgan fingerprint density at radius 1 is 1.17 bits per heavy atom. The lowest BCUT2D eigenvalue weighted by molar-refractivity contribution is -0.133. The first-order valence-corrected chi connectivity index (χ1v) is 11.2. The Morgan fingerprint density at radius 2 is 2.00 bits per heavy atom. The number of thiophene rings is 1. The minimum atomic E-state index is -0.228. The van der Waals surface area contributed by atoms with Crippen LogP contribution in [0.3, 0.4) is 0 Å². The number of amides is 2. The molecule has 3 aromatic rings. The van der Waals surface area contributed by atoms with Crippen LogP contribution < -0.4 is 5.32 Å². The number of aromatic nitrogens is 1. The van der Waals surface area contributed by atoms with Crippen LogP contribution in [0.25, 0.3) is 10.6 Å². The highest BCUT2D eigenvalue weighted by Gasteiger charge is 2.44. The summed E-state index contributed by atoms with van der Waals surface area (Å²) in [6.07, 6.45) is 4.55. The number of furan rings is 1. The molecule has 0 aromatic carbocycles. The molecule has 30 heavy (non-hydrogen) atoms. The summed E-state index contributed by atoms with van der Waals surface area (Å²) in [5.74, 6) is 2.42. The highest BCUT2D eigenvalue weighted by Crippen LogP contribution is 2.37. The molecule has 2 aliphatic rings. The fourth-order valence-corrected chi connectivity index (χ4v) is 5.36. The van der Waals surface area contributed by atoms with Gasteiger partial charge in [-0.3, -0.25) is 9.59 Å². The first-order chi connectivity index (χ1) is 14.7. The fourth-order valence-electron chi connectivity index (χ4n) is 4.67. The van der Waals surface area contributed by atoms with Gasteiger partial charge < -0.3 is 19.2 Å². The maximum atomic E-state index is 12.8. The molecule has 2 amide bonds. The van der Waals surface area contributed by atoms with E-state index in [1.165, 1.54) is 6.20 Å². The van der Waals surface area contributed by atoms with E-state index in [1.54, 1.807) is 17.4 Å². The molecule has 1 aliphatic heterocycles. The molecule has 0 radical (unpaired) electrons. The van der Waals surface area contributed by atoms with Crippen molar-refractivity contribution in [2.24, 2.45) is 11.8 Å². The second-order valence-corrected chi connectivity index (χ2v) is 8.96. The normalized spacial score (nSPS) is 22.9. The van der Waals surface area contributed by atoms with Gasteiger partial charge in [-0.05, 0) is 48.3 Å². The summed E-state index contributed by atoms with van der Waals surface area (Å²) in [6.45, 7) is 1.38. The number of likely N-dealkylation sites (tertiary alicyclic amines) is 1. The third-order valence-electron chi connectivity index (χ3n) is 6.16. The van der Waals surface area contributed by atoms with Crippen molar-refractivity contribution in [2.45, 2.75) is 31.7 Å². The van der Waals surface area contributed by atoms with Crippen molar-refractivity contribution in [3.63, 3.8) is 0 Å². The zero-order valence-electron chi connectivity index (χ0n) is 16.5. The molecule has 3 aromatic heterocycles. The number of piperidine rings is 1. The number of hydrogen-bond acceptors (Lipinski definition) is 6. The Bertz CT molecular complexity index is 997. The Morgan fingerprint density at radius 3 is 2.70 bits per heavy atom. The molecular weight excluding hydrogens is 402 g/mol. The van der Waals surface area contributed by atoms with Gasteiger partial charge in [0.25, 0.3) is 5.91 Å². The molecule has 2 fully saturated rings. The monoisotopic (exact) mass is 425 g/mol. The Hall–Kier alpha value is -2.87. The summed E-state index contributed by atoms with van der Waals surface area (Å²) in [6, 6.07) is 9.60. The van der Waals surface area contributed by atoms with Crippen molar-refractivity contribution in [2.75, 3.05) is 13.1 Å². The van der Waals surface area contributed by atoms with Gasteiger partial charge >= 0.3 is 0 Å². The molecule has 3 atom stereocenters. The van der Waals surface area contributed by atoms with Crippen LogP contribution in [0.1, 0.15) is 35.6 Å². The average Bonchev–Trinajstić information content (AvgIpc) is 3.54. The fraction of sp³-hybridized carbons (Fsp3) is 0.409. The van der Waals surface area contributed by atoms with Crippen molar-refractivity contribution < 1.29 is 18.5 Å². The summed E-state index contributed by atoms with van der Waals surface area (Å²) < 4.78 is 10.8. The molecule has 156 valence electrons. The summed E-state index contributed by atoms with van der Waals surface area (Å²) >= 11 is 1.64. The maximum absolute atomic E-state index is 12.8. The molecular formula is C22H23N3O4S. The summed E-state index contributed by atoms with van der Waals surface area (Å²) in [7, 11) is 0. The van der Waals surface area contributed by atoms with Crippen LogP contribution in [0, 0.1) is 11.8 Å². The zero-order chi connectivity index (χ0) is 20.5. The minimum Gasteiger partial charge on any atom is -0.460 e. The smallest absolute Gasteiger partial charge is 0.290 e. The number of hydrogen-bond donors (Lipinski definition) is 1. The standard InChI is InChI=1S/C22H23N3O4S/c26-20(8-6-16-5-7-17(28-16)19-2-1-11-30-19)25-12-14-3-4-15(13-25)21(14)24-22(27)18-9-10-23-29-18/h1-2,5,7,9-11,14-15,21H,3-4,6,8,12-13H2,(H,24,27)/t14-,15+,21?. The zero-order valence-corrected chi connectivity index (χ0v) is 17.3. The van der Waals surface area contributed by atoms with E-state index < -0.39 is 0 Å². The molecule has 5 rings (SSSR count).